The van der Waals surface area contributed by atoms with Gasteiger partial charge >= 0.3 is 0 Å². The first kappa shape index (κ1) is 20.2. The maximum atomic E-state index is 6.11. The predicted molar refractivity (Wildman–Crippen MR) is 109 cm³/mol. The van der Waals surface area contributed by atoms with Gasteiger partial charge in [-0.1, -0.05) is 36.8 Å². The van der Waals surface area contributed by atoms with E-state index in [0.717, 1.165) is 26.2 Å². The van der Waals surface area contributed by atoms with Crippen molar-refractivity contribution >= 4 is 29.9 Å². The molecular formula is C18H31IN4. The Hall–Kier alpha value is -0.820. The lowest BCUT2D eigenvalue weighted by atomic mass is 10.0. The van der Waals surface area contributed by atoms with Gasteiger partial charge in [0.25, 0.3) is 0 Å². The third-order valence-corrected chi connectivity index (χ3v) is 4.53. The SMILES string of the molecule is CCN(CC)C(N)=NCC1CCCCN1Cc1ccccc1.I. The molecule has 1 aliphatic rings. The second-order valence-electron chi connectivity index (χ2n) is 5.98. The molecule has 0 aromatic heterocycles. The minimum absolute atomic E-state index is 0. The summed E-state index contributed by atoms with van der Waals surface area (Å²) in [6.07, 6.45) is 3.82. The van der Waals surface area contributed by atoms with Crippen LogP contribution in [0, 0.1) is 0 Å². The van der Waals surface area contributed by atoms with Crippen molar-refractivity contribution < 1.29 is 0 Å². The number of rotatable bonds is 6. The number of piperidine rings is 1. The molecule has 2 rings (SSSR count). The molecule has 0 aliphatic carbocycles. The average Bonchev–Trinajstić information content (AvgIpc) is 2.56. The Morgan fingerprint density at radius 2 is 1.91 bits per heavy atom. The van der Waals surface area contributed by atoms with Crippen molar-refractivity contribution in [3.63, 3.8) is 0 Å². The number of likely N-dealkylation sites (tertiary alicyclic amines) is 1. The molecular weight excluding hydrogens is 399 g/mol. The largest absolute Gasteiger partial charge is 0.370 e. The van der Waals surface area contributed by atoms with E-state index in [9.17, 15) is 0 Å². The monoisotopic (exact) mass is 430 g/mol. The fraction of sp³-hybridized carbons (Fsp3) is 0.611. The van der Waals surface area contributed by atoms with Crippen molar-refractivity contribution in [1.82, 2.24) is 9.80 Å². The van der Waals surface area contributed by atoms with Crippen LogP contribution >= 0.6 is 24.0 Å². The number of benzene rings is 1. The first-order valence-electron chi connectivity index (χ1n) is 8.57. The highest BCUT2D eigenvalue weighted by Crippen LogP contribution is 2.20. The first-order valence-corrected chi connectivity index (χ1v) is 8.57. The van der Waals surface area contributed by atoms with E-state index in [2.05, 4.69) is 59.0 Å². The summed E-state index contributed by atoms with van der Waals surface area (Å²) >= 11 is 0. The Morgan fingerprint density at radius 1 is 1.22 bits per heavy atom. The van der Waals surface area contributed by atoms with Crippen molar-refractivity contribution in [2.45, 2.75) is 45.7 Å². The lowest BCUT2D eigenvalue weighted by Gasteiger charge is -2.35. The first-order chi connectivity index (χ1) is 10.7. The molecule has 1 atom stereocenters. The summed E-state index contributed by atoms with van der Waals surface area (Å²) in [5, 5.41) is 0. The molecule has 0 saturated carbocycles. The maximum absolute atomic E-state index is 6.11. The molecule has 1 aromatic rings. The minimum Gasteiger partial charge on any atom is -0.370 e. The standard InChI is InChI=1S/C18H30N4.HI/c1-3-21(4-2)18(19)20-14-17-12-8-9-13-22(17)15-16-10-6-5-7-11-16;/h5-7,10-11,17H,3-4,8-9,12-15H2,1-2H3,(H2,19,20);1H. The van der Waals surface area contributed by atoms with Crippen LogP contribution in [-0.2, 0) is 6.54 Å². The topological polar surface area (TPSA) is 44.9 Å². The van der Waals surface area contributed by atoms with Gasteiger partial charge in [0.2, 0.25) is 0 Å². The quantitative estimate of drug-likeness (QED) is 0.428. The van der Waals surface area contributed by atoms with Gasteiger partial charge < -0.3 is 10.6 Å². The smallest absolute Gasteiger partial charge is 0.191 e. The van der Waals surface area contributed by atoms with Gasteiger partial charge in [-0.25, -0.2) is 0 Å². The minimum atomic E-state index is 0. The van der Waals surface area contributed by atoms with Gasteiger partial charge in [0.15, 0.2) is 5.96 Å². The van der Waals surface area contributed by atoms with Gasteiger partial charge in [-0.15, -0.1) is 24.0 Å². The molecule has 2 N–H and O–H groups in total. The van der Waals surface area contributed by atoms with Gasteiger partial charge in [0.05, 0.1) is 6.54 Å². The fourth-order valence-electron chi connectivity index (χ4n) is 3.14. The highest BCUT2D eigenvalue weighted by molar-refractivity contribution is 14.0. The van der Waals surface area contributed by atoms with E-state index >= 15 is 0 Å². The van der Waals surface area contributed by atoms with Crippen LogP contribution in [0.5, 0.6) is 0 Å². The van der Waals surface area contributed by atoms with Crippen LogP contribution < -0.4 is 5.73 Å². The normalized spacial score (nSPS) is 19.2. The molecule has 1 aromatic carbocycles. The fourth-order valence-corrected chi connectivity index (χ4v) is 3.14. The summed E-state index contributed by atoms with van der Waals surface area (Å²) in [5.41, 5.74) is 7.50. The molecule has 23 heavy (non-hydrogen) atoms. The lowest BCUT2D eigenvalue weighted by Crippen LogP contribution is -2.42. The molecule has 1 aliphatic heterocycles. The van der Waals surface area contributed by atoms with Crippen LogP contribution in [0.2, 0.25) is 0 Å². The van der Waals surface area contributed by atoms with E-state index in [1.54, 1.807) is 0 Å². The molecule has 0 spiro atoms. The third-order valence-electron chi connectivity index (χ3n) is 4.53. The lowest BCUT2D eigenvalue weighted by molar-refractivity contribution is 0.145. The van der Waals surface area contributed by atoms with E-state index in [1.165, 1.54) is 31.4 Å². The Morgan fingerprint density at radius 3 is 2.57 bits per heavy atom. The molecule has 1 unspecified atom stereocenters. The van der Waals surface area contributed by atoms with Gasteiger partial charge in [0.1, 0.15) is 0 Å². The molecule has 1 saturated heterocycles. The summed E-state index contributed by atoms with van der Waals surface area (Å²) in [4.78, 5) is 9.34. The van der Waals surface area contributed by atoms with Crippen LogP contribution in [0.4, 0.5) is 0 Å². The molecule has 130 valence electrons. The van der Waals surface area contributed by atoms with Gasteiger partial charge in [-0.05, 0) is 38.8 Å². The zero-order valence-corrected chi connectivity index (χ0v) is 16.8. The van der Waals surface area contributed by atoms with Crippen molar-refractivity contribution in [2.75, 3.05) is 26.2 Å². The van der Waals surface area contributed by atoms with E-state index in [1.807, 2.05) is 0 Å². The second-order valence-corrected chi connectivity index (χ2v) is 5.98. The zero-order chi connectivity index (χ0) is 15.8. The molecule has 0 radical (unpaired) electrons. The van der Waals surface area contributed by atoms with E-state index in [4.69, 9.17) is 5.73 Å². The predicted octanol–water partition coefficient (Wildman–Crippen LogP) is 3.32. The Bertz CT molecular complexity index is 459. The molecule has 1 fully saturated rings. The van der Waals surface area contributed by atoms with Crippen molar-refractivity contribution in [3.8, 4) is 0 Å². The van der Waals surface area contributed by atoms with Crippen LogP contribution in [0.15, 0.2) is 35.3 Å². The van der Waals surface area contributed by atoms with Gasteiger partial charge in [-0.2, -0.15) is 0 Å². The maximum Gasteiger partial charge on any atom is 0.191 e. The summed E-state index contributed by atoms with van der Waals surface area (Å²) in [5.74, 6) is 0.690. The van der Waals surface area contributed by atoms with E-state index in [0.29, 0.717) is 12.0 Å². The summed E-state index contributed by atoms with van der Waals surface area (Å²) < 4.78 is 0. The highest BCUT2D eigenvalue weighted by Gasteiger charge is 2.22. The summed E-state index contributed by atoms with van der Waals surface area (Å²) in [6, 6.07) is 11.2. The van der Waals surface area contributed by atoms with Gasteiger partial charge in [0, 0.05) is 25.7 Å². The summed E-state index contributed by atoms with van der Waals surface area (Å²) in [7, 11) is 0. The van der Waals surface area contributed by atoms with Gasteiger partial charge in [-0.3, -0.25) is 9.89 Å². The van der Waals surface area contributed by atoms with Crippen LogP contribution in [0.25, 0.3) is 0 Å². The number of aliphatic imine (C=N–C) groups is 1. The van der Waals surface area contributed by atoms with Crippen LogP contribution in [-0.4, -0.2) is 48.0 Å². The second kappa shape index (κ2) is 10.9. The number of nitrogens with zero attached hydrogens (tertiary/aromatic N) is 3. The Labute approximate surface area is 158 Å². The van der Waals surface area contributed by atoms with Crippen molar-refractivity contribution in [1.29, 1.82) is 0 Å². The number of hydrogen-bond acceptors (Lipinski definition) is 2. The Balaban J connectivity index is 0.00000264. The average molecular weight is 430 g/mol. The molecule has 0 amide bonds. The van der Waals surface area contributed by atoms with Crippen molar-refractivity contribution in [3.05, 3.63) is 35.9 Å². The van der Waals surface area contributed by atoms with Crippen LogP contribution in [0.3, 0.4) is 0 Å². The van der Waals surface area contributed by atoms with Crippen LogP contribution in [0.1, 0.15) is 38.7 Å². The Kier molecular flexibility index (Phi) is 9.55. The highest BCUT2D eigenvalue weighted by atomic mass is 127. The number of halogens is 1. The number of hydrogen-bond donors (Lipinski definition) is 1. The molecule has 4 nitrogen and oxygen atoms in total. The summed E-state index contributed by atoms with van der Waals surface area (Å²) in [6.45, 7) is 9.08. The number of nitrogens with two attached hydrogens (primary N) is 1. The molecule has 0 bridgehead atoms. The van der Waals surface area contributed by atoms with E-state index in [-0.39, 0.29) is 24.0 Å². The zero-order valence-electron chi connectivity index (χ0n) is 14.4. The van der Waals surface area contributed by atoms with Crippen molar-refractivity contribution in [2.24, 2.45) is 10.7 Å². The third kappa shape index (κ3) is 6.30. The van der Waals surface area contributed by atoms with E-state index < -0.39 is 0 Å². The number of guanidine groups is 1. The molecule has 1 heterocycles. The molecule has 5 heteroatoms.